The summed E-state index contributed by atoms with van der Waals surface area (Å²) < 4.78 is 5.72. The summed E-state index contributed by atoms with van der Waals surface area (Å²) in [6, 6.07) is 8.11. The van der Waals surface area contributed by atoms with Crippen LogP contribution >= 0.6 is 11.3 Å². The first-order valence-corrected chi connectivity index (χ1v) is 7.52. The van der Waals surface area contributed by atoms with Crippen LogP contribution in [0.5, 0.6) is 5.75 Å². The third-order valence-corrected chi connectivity index (χ3v) is 4.08. The van der Waals surface area contributed by atoms with Crippen molar-refractivity contribution in [1.82, 2.24) is 4.98 Å². The Bertz CT molecular complexity index is 507. The molecule has 0 bridgehead atoms. The molecule has 102 valence electrons. The van der Waals surface area contributed by atoms with Crippen molar-refractivity contribution < 1.29 is 4.74 Å². The summed E-state index contributed by atoms with van der Waals surface area (Å²) in [6.45, 7) is 4.72. The van der Waals surface area contributed by atoms with E-state index in [4.69, 9.17) is 10.5 Å². The number of hydrogen-bond acceptors (Lipinski definition) is 4. The lowest BCUT2D eigenvalue weighted by Crippen LogP contribution is -2.08. The second kappa shape index (κ2) is 6.68. The summed E-state index contributed by atoms with van der Waals surface area (Å²) >= 11 is 1.69. The highest BCUT2D eigenvalue weighted by atomic mass is 32.1. The molecule has 0 fully saturated rings. The van der Waals surface area contributed by atoms with Gasteiger partial charge in [0.25, 0.3) is 0 Å². The van der Waals surface area contributed by atoms with Gasteiger partial charge < -0.3 is 10.5 Å². The Kier molecular flexibility index (Phi) is 4.93. The van der Waals surface area contributed by atoms with Gasteiger partial charge in [-0.05, 0) is 30.5 Å². The smallest absolute Gasteiger partial charge is 0.131 e. The molecule has 1 unspecified atom stereocenters. The van der Waals surface area contributed by atoms with E-state index in [0.717, 1.165) is 34.9 Å². The van der Waals surface area contributed by atoms with Gasteiger partial charge in [0, 0.05) is 11.4 Å². The molecule has 2 N–H and O–H groups in total. The molecule has 0 saturated carbocycles. The predicted octanol–water partition coefficient (Wildman–Crippen LogP) is 3.69. The van der Waals surface area contributed by atoms with Crippen molar-refractivity contribution in [3.63, 3.8) is 0 Å². The van der Waals surface area contributed by atoms with Gasteiger partial charge in [-0.3, -0.25) is 0 Å². The SMILES string of the molecule is CCc1nc(COc2ccc(C(N)CC)cc2)cs1. The zero-order chi connectivity index (χ0) is 13.7. The molecule has 0 aliphatic rings. The third kappa shape index (κ3) is 3.78. The van der Waals surface area contributed by atoms with Crippen molar-refractivity contribution in [2.45, 2.75) is 39.3 Å². The molecule has 2 rings (SSSR count). The number of hydrogen-bond donors (Lipinski definition) is 1. The molecule has 3 nitrogen and oxygen atoms in total. The van der Waals surface area contributed by atoms with Crippen LogP contribution in [0.25, 0.3) is 0 Å². The summed E-state index contributed by atoms with van der Waals surface area (Å²) in [5.41, 5.74) is 8.12. The zero-order valence-electron chi connectivity index (χ0n) is 11.4. The molecule has 0 aliphatic carbocycles. The van der Waals surface area contributed by atoms with Gasteiger partial charge in [0.15, 0.2) is 0 Å². The van der Waals surface area contributed by atoms with E-state index in [1.165, 1.54) is 0 Å². The van der Waals surface area contributed by atoms with Crippen LogP contribution < -0.4 is 10.5 Å². The summed E-state index contributed by atoms with van der Waals surface area (Å²) in [5.74, 6) is 0.859. The molecule has 1 heterocycles. The monoisotopic (exact) mass is 276 g/mol. The van der Waals surface area contributed by atoms with E-state index < -0.39 is 0 Å². The van der Waals surface area contributed by atoms with Crippen LogP contribution in [0.4, 0.5) is 0 Å². The molecule has 1 aromatic heterocycles. The Labute approximate surface area is 118 Å². The van der Waals surface area contributed by atoms with Crippen molar-refractivity contribution in [3.8, 4) is 5.75 Å². The fourth-order valence-electron chi connectivity index (χ4n) is 1.78. The van der Waals surface area contributed by atoms with E-state index in [0.29, 0.717) is 6.61 Å². The Morgan fingerprint density at radius 2 is 2.00 bits per heavy atom. The maximum Gasteiger partial charge on any atom is 0.131 e. The minimum atomic E-state index is 0.111. The van der Waals surface area contributed by atoms with Gasteiger partial charge in [-0.2, -0.15) is 0 Å². The molecule has 0 aliphatic heterocycles. The number of aryl methyl sites for hydroxylation is 1. The minimum absolute atomic E-state index is 0.111. The van der Waals surface area contributed by atoms with E-state index in [-0.39, 0.29) is 6.04 Å². The fourth-order valence-corrected chi connectivity index (χ4v) is 2.51. The number of ether oxygens (including phenoxy) is 1. The number of nitrogens with zero attached hydrogens (tertiary/aromatic N) is 1. The van der Waals surface area contributed by atoms with E-state index in [1.807, 2.05) is 24.3 Å². The average molecular weight is 276 g/mol. The van der Waals surface area contributed by atoms with E-state index in [2.05, 4.69) is 24.2 Å². The Morgan fingerprint density at radius 1 is 1.26 bits per heavy atom. The Hall–Kier alpha value is -1.39. The highest BCUT2D eigenvalue weighted by Crippen LogP contribution is 2.19. The van der Waals surface area contributed by atoms with Crippen LogP contribution in [0.15, 0.2) is 29.6 Å². The third-order valence-electron chi connectivity index (χ3n) is 3.04. The van der Waals surface area contributed by atoms with Crippen molar-refractivity contribution >= 4 is 11.3 Å². The first kappa shape index (κ1) is 14.0. The molecule has 2 aromatic rings. The number of nitrogens with two attached hydrogens (primary N) is 1. The van der Waals surface area contributed by atoms with Gasteiger partial charge in [0.1, 0.15) is 12.4 Å². The van der Waals surface area contributed by atoms with Crippen LogP contribution in [0, 0.1) is 0 Å². The van der Waals surface area contributed by atoms with Crippen LogP contribution in [-0.2, 0) is 13.0 Å². The highest BCUT2D eigenvalue weighted by molar-refractivity contribution is 7.09. The summed E-state index contributed by atoms with van der Waals surface area (Å²) in [5, 5.41) is 3.21. The molecular formula is C15H20N2OS. The van der Waals surface area contributed by atoms with Gasteiger partial charge in [-0.15, -0.1) is 11.3 Å². The van der Waals surface area contributed by atoms with Crippen molar-refractivity contribution in [1.29, 1.82) is 0 Å². The molecule has 0 saturated heterocycles. The van der Waals surface area contributed by atoms with Gasteiger partial charge >= 0.3 is 0 Å². The second-order valence-corrected chi connectivity index (χ2v) is 5.40. The first-order valence-electron chi connectivity index (χ1n) is 6.64. The zero-order valence-corrected chi connectivity index (χ0v) is 12.2. The van der Waals surface area contributed by atoms with Crippen LogP contribution in [0.2, 0.25) is 0 Å². The van der Waals surface area contributed by atoms with E-state index in [9.17, 15) is 0 Å². The Morgan fingerprint density at radius 3 is 2.58 bits per heavy atom. The molecule has 1 aromatic carbocycles. The van der Waals surface area contributed by atoms with Gasteiger partial charge in [-0.25, -0.2) is 4.98 Å². The van der Waals surface area contributed by atoms with E-state index >= 15 is 0 Å². The Balaban J connectivity index is 1.92. The normalized spacial score (nSPS) is 12.4. The molecule has 0 spiro atoms. The maximum atomic E-state index is 5.98. The predicted molar refractivity (Wildman–Crippen MR) is 79.5 cm³/mol. The lowest BCUT2D eigenvalue weighted by molar-refractivity contribution is 0.302. The molecule has 1 atom stereocenters. The highest BCUT2D eigenvalue weighted by Gasteiger charge is 2.04. The number of aromatic nitrogens is 1. The molecule has 0 amide bonds. The minimum Gasteiger partial charge on any atom is -0.487 e. The van der Waals surface area contributed by atoms with Gasteiger partial charge in [0.2, 0.25) is 0 Å². The van der Waals surface area contributed by atoms with Gasteiger partial charge in [0.05, 0.1) is 10.7 Å². The number of benzene rings is 1. The molecular weight excluding hydrogens is 256 g/mol. The summed E-state index contributed by atoms with van der Waals surface area (Å²) in [4.78, 5) is 4.48. The van der Waals surface area contributed by atoms with Crippen molar-refractivity contribution in [3.05, 3.63) is 45.9 Å². The molecule has 4 heteroatoms. The second-order valence-electron chi connectivity index (χ2n) is 4.46. The van der Waals surface area contributed by atoms with Crippen LogP contribution in [0.1, 0.15) is 42.6 Å². The van der Waals surface area contributed by atoms with Crippen LogP contribution in [-0.4, -0.2) is 4.98 Å². The summed E-state index contributed by atoms with van der Waals surface area (Å²) in [7, 11) is 0. The molecule has 19 heavy (non-hydrogen) atoms. The van der Waals surface area contributed by atoms with Crippen molar-refractivity contribution in [2.75, 3.05) is 0 Å². The number of rotatable bonds is 6. The first-order chi connectivity index (χ1) is 9.22. The van der Waals surface area contributed by atoms with Crippen molar-refractivity contribution in [2.24, 2.45) is 5.73 Å². The number of thiazole rings is 1. The van der Waals surface area contributed by atoms with E-state index in [1.54, 1.807) is 11.3 Å². The lowest BCUT2D eigenvalue weighted by Gasteiger charge is -2.10. The topological polar surface area (TPSA) is 48.1 Å². The lowest BCUT2D eigenvalue weighted by atomic mass is 10.1. The summed E-state index contributed by atoms with van der Waals surface area (Å²) in [6.07, 6.45) is 1.92. The molecule has 0 radical (unpaired) electrons. The van der Waals surface area contributed by atoms with Crippen LogP contribution in [0.3, 0.4) is 0 Å². The fraction of sp³-hybridized carbons (Fsp3) is 0.400. The quantitative estimate of drug-likeness (QED) is 0.875. The average Bonchev–Trinajstić information content (AvgIpc) is 2.93. The maximum absolute atomic E-state index is 5.98. The van der Waals surface area contributed by atoms with Gasteiger partial charge in [-0.1, -0.05) is 26.0 Å². The largest absolute Gasteiger partial charge is 0.487 e. The standard InChI is InChI=1S/C15H20N2OS/c1-3-14(16)11-5-7-13(8-6-11)18-9-12-10-19-15(4-2)17-12/h5-8,10,14H,3-4,9,16H2,1-2H3.